The van der Waals surface area contributed by atoms with Crippen LogP contribution in [-0.4, -0.2) is 17.8 Å². The Bertz CT molecular complexity index is 601. The monoisotopic (exact) mass is 291 g/mol. The first-order valence-electron chi connectivity index (χ1n) is 6.87. The van der Waals surface area contributed by atoms with Gasteiger partial charge in [-0.2, -0.15) is 0 Å². The number of aliphatic hydroxyl groups is 1. The van der Waals surface area contributed by atoms with Crippen LogP contribution in [0.15, 0.2) is 48.5 Å². The van der Waals surface area contributed by atoms with E-state index in [1.165, 1.54) is 0 Å². The summed E-state index contributed by atoms with van der Waals surface area (Å²) < 4.78 is 27.3. The van der Waals surface area contributed by atoms with Crippen LogP contribution >= 0.6 is 0 Å². The molecule has 0 heterocycles. The van der Waals surface area contributed by atoms with Crippen LogP contribution in [0, 0.1) is 11.6 Å². The molecule has 3 N–H and O–H groups in total. The third-order valence-electron chi connectivity index (χ3n) is 4.03. The van der Waals surface area contributed by atoms with Gasteiger partial charge in [0, 0.05) is 12.0 Å². The van der Waals surface area contributed by atoms with Crippen molar-refractivity contribution in [3.63, 3.8) is 0 Å². The van der Waals surface area contributed by atoms with Crippen molar-refractivity contribution < 1.29 is 13.9 Å². The Balaban J connectivity index is 2.49. The molecule has 0 spiro atoms. The summed E-state index contributed by atoms with van der Waals surface area (Å²) in [5.41, 5.74) is 6.07. The van der Waals surface area contributed by atoms with Gasteiger partial charge in [0.2, 0.25) is 0 Å². The number of hydrogen-bond acceptors (Lipinski definition) is 2. The minimum absolute atomic E-state index is 0.130. The second-order valence-corrected chi connectivity index (χ2v) is 5.31. The van der Waals surface area contributed by atoms with Gasteiger partial charge in [0.25, 0.3) is 0 Å². The molecule has 0 radical (unpaired) electrons. The fourth-order valence-electron chi connectivity index (χ4n) is 2.64. The summed E-state index contributed by atoms with van der Waals surface area (Å²) in [5.74, 6) is -0.998. The van der Waals surface area contributed by atoms with Gasteiger partial charge in [-0.25, -0.2) is 8.78 Å². The molecule has 0 fully saturated rings. The van der Waals surface area contributed by atoms with E-state index >= 15 is 0 Å². The summed E-state index contributed by atoms with van der Waals surface area (Å²) in [6.07, 6.45) is -0.665. The molecule has 112 valence electrons. The average Bonchev–Trinajstić information content (AvgIpc) is 2.49. The molecular formula is C17H19F2NO. The molecule has 0 amide bonds. The first kappa shape index (κ1) is 15.6. The van der Waals surface area contributed by atoms with Crippen LogP contribution in [0.1, 0.15) is 18.1 Å². The lowest BCUT2D eigenvalue weighted by molar-refractivity contribution is 0.0995. The third kappa shape index (κ3) is 3.12. The fourth-order valence-corrected chi connectivity index (χ4v) is 2.64. The van der Waals surface area contributed by atoms with Crippen LogP contribution in [0.4, 0.5) is 8.78 Å². The van der Waals surface area contributed by atoms with Crippen LogP contribution in [0.3, 0.4) is 0 Å². The smallest absolute Gasteiger partial charge is 0.126 e. The number of aliphatic hydroxyl groups excluding tert-OH is 1. The van der Waals surface area contributed by atoms with E-state index < -0.39 is 23.2 Å². The topological polar surface area (TPSA) is 46.2 Å². The van der Waals surface area contributed by atoms with Crippen LogP contribution in [-0.2, 0) is 11.8 Å². The molecule has 0 aliphatic rings. The van der Waals surface area contributed by atoms with Crippen molar-refractivity contribution in [3.05, 3.63) is 71.3 Å². The molecule has 0 aromatic heterocycles. The van der Waals surface area contributed by atoms with E-state index in [1.54, 1.807) is 6.92 Å². The highest BCUT2D eigenvalue weighted by molar-refractivity contribution is 5.32. The summed E-state index contributed by atoms with van der Waals surface area (Å²) in [7, 11) is 0. The maximum absolute atomic E-state index is 13.9. The highest BCUT2D eigenvalue weighted by Crippen LogP contribution is 2.32. The van der Waals surface area contributed by atoms with Gasteiger partial charge in [0.05, 0.1) is 6.10 Å². The van der Waals surface area contributed by atoms with Crippen molar-refractivity contribution in [2.24, 2.45) is 5.73 Å². The number of nitrogens with two attached hydrogens (primary N) is 1. The van der Waals surface area contributed by atoms with E-state index in [4.69, 9.17) is 5.73 Å². The SMILES string of the molecule is CC(O)C(CN)(Cc1cc(F)ccc1F)c1ccccc1. The maximum Gasteiger partial charge on any atom is 0.126 e. The van der Waals surface area contributed by atoms with Crippen molar-refractivity contribution in [1.82, 2.24) is 0 Å². The maximum atomic E-state index is 13.9. The quantitative estimate of drug-likeness (QED) is 0.890. The van der Waals surface area contributed by atoms with Gasteiger partial charge in [-0.15, -0.1) is 0 Å². The molecule has 0 saturated heterocycles. The van der Waals surface area contributed by atoms with Crippen molar-refractivity contribution in [1.29, 1.82) is 0 Å². The van der Waals surface area contributed by atoms with Crippen LogP contribution in [0.2, 0.25) is 0 Å². The lowest BCUT2D eigenvalue weighted by atomic mass is 9.71. The van der Waals surface area contributed by atoms with Crippen molar-refractivity contribution in [2.75, 3.05) is 6.54 Å². The zero-order chi connectivity index (χ0) is 15.5. The standard InChI is InChI=1S/C17H19F2NO/c1-12(21)17(11-20,14-5-3-2-4-6-14)10-13-9-15(18)7-8-16(13)19/h2-9,12,21H,10-11,20H2,1H3. The molecule has 2 unspecified atom stereocenters. The lowest BCUT2D eigenvalue weighted by Crippen LogP contribution is -2.46. The summed E-state index contributed by atoms with van der Waals surface area (Å²) in [5, 5.41) is 10.2. The van der Waals surface area contributed by atoms with Crippen LogP contribution < -0.4 is 5.73 Å². The summed E-state index contributed by atoms with van der Waals surface area (Å²) >= 11 is 0. The van der Waals surface area contributed by atoms with Gasteiger partial charge in [0.1, 0.15) is 11.6 Å². The molecule has 2 aromatic carbocycles. The van der Waals surface area contributed by atoms with Gasteiger partial charge in [-0.1, -0.05) is 30.3 Å². The van der Waals surface area contributed by atoms with Crippen molar-refractivity contribution in [2.45, 2.75) is 24.9 Å². The molecule has 2 rings (SSSR count). The number of hydrogen-bond donors (Lipinski definition) is 2. The van der Waals surface area contributed by atoms with E-state index in [1.807, 2.05) is 30.3 Å². The van der Waals surface area contributed by atoms with Gasteiger partial charge < -0.3 is 10.8 Å². The fraction of sp³-hybridized carbons (Fsp3) is 0.294. The minimum atomic E-state index is -0.851. The average molecular weight is 291 g/mol. The zero-order valence-corrected chi connectivity index (χ0v) is 11.9. The van der Waals surface area contributed by atoms with E-state index in [0.29, 0.717) is 0 Å². The summed E-state index contributed by atoms with van der Waals surface area (Å²) in [6.45, 7) is 1.75. The Morgan fingerprint density at radius 2 is 1.81 bits per heavy atom. The van der Waals surface area contributed by atoms with Crippen molar-refractivity contribution in [3.8, 4) is 0 Å². The lowest BCUT2D eigenvalue weighted by Gasteiger charge is -2.36. The predicted molar refractivity (Wildman–Crippen MR) is 78.9 cm³/mol. The molecular weight excluding hydrogens is 272 g/mol. The largest absolute Gasteiger partial charge is 0.392 e. The van der Waals surface area contributed by atoms with Gasteiger partial charge >= 0.3 is 0 Å². The molecule has 21 heavy (non-hydrogen) atoms. The molecule has 2 aromatic rings. The van der Waals surface area contributed by atoms with Crippen LogP contribution in [0.5, 0.6) is 0 Å². The first-order valence-corrected chi connectivity index (χ1v) is 6.87. The first-order chi connectivity index (χ1) is 9.99. The van der Waals surface area contributed by atoms with E-state index in [0.717, 1.165) is 23.8 Å². The molecule has 0 bridgehead atoms. The van der Waals surface area contributed by atoms with E-state index in [2.05, 4.69) is 0 Å². The number of benzene rings is 2. The van der Waals surface area contributed by atoms with E-state index in [9.17, 15) is 13.9 Å². The Hall–Kier alpha value is -1.78. The molecule has 2 atom stereocenters. The Labute approximate surface area is 123 Å². The molecule has 0 aliphatic carbocycles. The zero-order valence-electron chi connectivity index (χ0n) is 11.9. The van der Waals surface area contributed by atoms with Gasteiger partial charge in [0.15, 0.2) is 0 Å². The second-order valence-electron chi connectivity index (χ2n) is 5.31. The second kappa shape index (κ2) is 6.33. The number of halogens is 2. The molecule has 0 saturated carbocycles. The summed E-state index contributed by atoms with van der Waals surface area (Å²) in [6, 6.07) is 12.6. The predicted octanol–water partition coefficient (Wildman–Crippen LogP) is 2.78. The molecule has 4 heteroatoms. The molecule has 2 nitrogen and oxygen atoms in total. The summed E-state index contributed by atoms with van der Waals surface area (Å²) in [4.78, 5) is 0. The molecule has 0 aliphatic heterocycles. The van der Waals surface area contributed by atoms with E-state index in [-0.39, 0.29) is 18.5 Å². The van der Waals surface area contributed by atoms with Crippen molar-refractivity contribution >= 4 is 0 Å². The normalized spacial score (nSPS) is 15.5. The number of rotatable bonds is 5. The van der Waals surface area contributed by atoms with Crippen LogP contribution in [0.25, 0.3) is 0 Å². The Kier molecular flexibility index (Phi) is 4.70. The third-order valence-corrected chi connectivity index (χ3v) is 4.03. The highest BCUT2D eigenvalue weighted by Gasteiger charge is 2.37. The Morgan fingerprint density at radius 3 is 2.38 bits per heavy atom. The van der Waals surface area contributed by atoms with Gasteiger partial charge in [-0.05, 0) is 42.7 Å². The minimum Gasteiger partial charge on any atom is -0.392 e. The Morgan fingerprint density at radius 1 is 1.14 bits per heavy atom. The van der Waals surface area contributed by atoms with Gasteiger partial charge in [-0.3, -0.25) is 0 Å². The highest BCUT2D eigenvalue weighted by atomic mass is 19.1.